The van der Waals surface area contributed by atoms with Gasteiger partial charge in [-0.1, -0.05) is 259 Å². The summed E-state index contributed by atoms with van der Waals surface area (Å²) in [4.78, 5) is 54.6. The molecular formula is C88H128O20. The molecule has 0 unspecified atom stereocenters. The van der Waals surface area contributed by atoms with Gasteiger partial charge in [0.2, 0.25) is 50.2 Å². The maximum atomic E-state index is 13.7. The summed E-state index contributed by atoms with van der Waals surface area (Å²) in [5.41, 5.74) is 6.01. The van der Waals surface area contributed by atoms with Crippen LogP contribution in [0.4, 0.5) is 0 Å². The molecule has 5 aliphatic rings. The first-order chi connectivity index (χ1) is 53.0. The van der Waals surface area contributed by atoms with E-state index in [0.717, 1.165) is 173 Å². The first-order valence-corrected chi connectivity index (χ1v) is 41.7. The number of unbranched alkanes of at least 4 members (excludes halogenated alkanes) is 32. The van der Waals surface area contributed by atoms with Gasteiger partial charge in [0, 0.05) is 68.2 Å². The van der Waals surface area contributed by atoms with Gasteiger partial charge in [-0.25, -0.2) is 19.2 Å². The minimum absolute atomic E-state index is 0.181. The highest BCUT2D eigenvalue weighted by Crippen LogP contribution is 2.63. The Morgan fingerprint density at radius 2 is 0.398 bits per heavy atom. The fraction of sp³-hybridized carbons (Fsp3) is 0.682. The average Bonchev–Trinajstić information content (AvgIpc) is 0.722. The van der Waals surface area contributed by atoms with Crippen molar-refractivity contribution in [1.29, 1.82) is 0 Å². The highest BCUT2D eigenvalue weighted by Gasteiger charge is 2.44. The third-order valence-corrected chi connectivity index (χ3v) is 22.3. The van der Waals surface area contributed by atoms with Gasteiger partial charge in [0.25, 0.3) is 0 Å². The third kappa shape index (κ3) is 23.2. The Labute approximate surface area is 643 Å². The number of rotatable bonds is 52. The van der Waals surface area contributed by atoms with E-state index in [1.54, 1.807) is 0 Å². The van der Waals surface area contributed by atoms with Crippen molar-refractivity contribution in [2.24, 2.45) is 0 Å². The maximum Gasteiger partial charge on any atom is 0.343 e. The highest BCUT2D eigenvalue weighted by atomic mass is 16.7. The molecule has 0 atom stereocenters. The summed E-state index contributed by atoms with van der Waals surface area (Å²) < 4.78 is 105. The van der Waals surface area contributed by atoms with Crippen LogP contribution in [0.1, 0.15) is 353 Å². The van der Waals surface area contributed by atoms with Crippen molar-refractivity contribution in [2.75, 3.05) is 82.0 Å². The number of carbonyl (C=O) groups excluding carboxylic acids is 4. The predicted octanol–water partition coefficient (Wildman–Crippen LogP) is 21.3. The highest BCUT2D eigenvalue weighted by molar-refractivity contribution is 5.77. The van der Waals surface area contributed by atoms with Crippen LogP contribution in [0.25, 0.3) is 0 Å². The zero-order valence-electron chi connectivity index (χ0n) is 66.7. The number of ether oxygens (including phenoxy) is 16. The van der Waals surface area contributed by atoms with Gasteiger partial charge in [-0.3, -0.25) is 0 Å². The molecule has 0 spiro atoms. The van der Waals surface area contributed by atoms with Gasteiger partial charge in [-0.05, 0) is 49.9 Å². The van der Waals surface area contributed by atoms with Crippen LogP contribution in [0.5, 0.6) is 69.0 Å². The van der Waals surface area contributed by atoms with Crippen molar-refractivity contribution in [3.63, 3.8) is 0 Å². The van der Waals surface area contributed by atoms with Crippen LogP contribution in [0.2, 0.25) is 0 Å². The van der Waals surface area contributed by atoms with Crippen molar-refractivity contribution in [2.45, 2.75) is 308 Å². The molecule has 9 rings (SSSR count). The average molecular weight is 1510 g/mol. The minimum atomic E-state index is -0.616. The predicted molar refractivity (Wildman–Crippen MR) is 415 cm³/mol. The fourth-order valence-electron chi connectivity index (χ4n) is 16.3. The molecule has 8 bridgehead atoms. The van der Waals surface area contributed by atoms with Crippen LogP contribution in [0, 0.1) is 0 Å². The summed E-state index contributed by atoms with van der Waals surface area (Å²) in [6.45, 7) is 5.45. The molecule has 0 N–H and O–H groups in total. The van der Waals surface area contributed by atoms with E-state index >= 15 is 0 Å². The quantitative estimate of drug-likeness (QED) is 0.0228. The van der Waals surface area contributed by atoms with Gasteiger partial charge in [-0.2, -0.15) is 0 Å². The second-order valence-corrected chi connectivity index (χ2v) is 29.9. The lowest BCUT2D eigenvalue weighted by molar-refractivity contribution is -0.143. The van der Waals surface area contributed by atoms with Crippen LogP contribution in [-0.2, 0) is 38.1 Å². The van der Waals surface area contributed by atoms with E-state index in [-0.39, 0.29) is 23.0 Å². The number of hydrogen-bond donors (Lipinski definition) is 0. The largest absolute Gasteiger partial charge is 0.474 e. The Kier molecular flexibility index (Phi) is 36.0. The van der Waals surface area contributed by atoms with Crippen molar-refractivity contribution in [1.82, 2.24) is 0 Å². The van der Waals surface area contributed by atoms with Crippen LogP contribution >= 0.6 is 0 Å². The summed E-state index contributed by atoms with van der Waals surface area (Å²) in [6.07, 6.45) is 41.6. The molecular weight excluding hydrogens is 1380 g/mol. The molecule has 108 heavy (non-hydrogen) atoms. The maximum absolute atomic E-state index is 13.7. The van der Waals surface area contributed by atoms with Gasteiger partial charge >= 0.3 is 23.9 Å². The minimum Gasteiger partial charge on any atom is -0.474 e. The molecule has 4 aliphatic heterocycles. The molecule has 4 aromatic rings. The SMILES string of the molecule is CCCCCCCCCCCC1c2cc3c4c(OCC(=O)OC)c2OCOc2c1cc1c(c2OCC(=O)OC)OCOc2c(cc5c(c2OCC(=O)OC)OCOc2c(cc(c(c2OCC(=O)OC)OCO4)C3CCCCCCCCCCC)C5CCCCCCCCCCC)C1CCCCCCCCCCC. The zero-order chi connectivity index (χ0) is 76.2. The second-order valence-electron chi connectivity index (χ2n) is 29.9. The Morgan fingerprint density at radius 1 is 0.250 bits per heavy atom. The monoisotopic (exact) mass is 1500 g/mol. The zero-order valence-corrected chi connectivity index (χ0v) is 66.7. The molecule has 600 valence electrons. The normalized spacial score (nSPS) is 16.1. The summed E-state index contributed by atoms with van der Waals surface area (Å²) in [7, 11) is 5.32. The van der Waals surface area contributed by atoms with Crippen molar-refractivity contribution < 1.29 is 95.0 Å². The molecule has 20 heteroatoms. The van der Waals surface area contributed by atoms with Gasteiger partial charge in [0.05, 0.1) is 28.4 Å². The summed E-state index contributed by atoms with van der Waals surface area (Å²) in [6, 6.07) is 8.88. The molecule has 0 fully saturated rings. The van der Waals surface area contributed by atoms with Gasteiger partial charge in [0.1, 0.15) is 0 Å². The smallest absolute Gasteiger partial charge is 0.343 e. The molecule has 1 aliphatic carbocycles. The molecule has 4 heterocycles. The van der Waals surface area contributed by atoms with Gasteiger partial charge in [-0.15, -0.1) is 0 Å². The van der Waals surface area contributed by atoms with Crippen molar-refractivity contribution in [3.8, 4) is 69.0 Å². The number of hydrogen-bond acceptors (Lipinski definition) is 20. The van der Waals surface area contributed by atoms with Crippen molar-refractivity contribution in [3.05, 3.63) is 68.8 Å². The topological polar surface area (TPSA) is 216 Å². The standard InChI is InChI=1S/C88H128O20/c1-9-13-17-21-25-29-33-37-41-45-61-65-49-67-62(46-42-38-34-30-26-22-18-14-10-2)69-51-71-64(48-44-40-36-32-28-24-20-16-12-4)72-52-70-63(47-43-39-35-31-27-23-19-15-11-3)68-50-66(61)78-86(98-54-74(90)94-6)80(68)104-59-106-82(70)88(100-56-76(92)96-8)84(72)108-60-107-83(71)87(99-55-75(91)95-7)81(69)105-58-103-79(67)85(77(65)101-57-102-78)97-53-73(89)93-5/h49-52,61-64H,9-48,53-60H2,1-8H3. The molecule has 0 amide bonds. The first-order valence-electron chi connectivity index (χ1n) is 41.7. The molecule has 20 nitrogen and oxygen atoms in total. The lowest BCUT2D eigenvalue weighted by Crippen LogP contribution is -2.25. The Bertz CT molecular complexity index is 2890. The summed E-state index contributed by atoms with van der Waals surface area (Å²) in [5.74, 6) is -1.44. The molecule has 0 saturated carbocycles. The Hall–Kier alpha value is -7.64. The van der Waals surface area contributed by atoms with Crippen LogP contribution in [0.15, 0.2) is 24.3 Å². The van der Waals surface area contributed by atoms with E-state index in [4.69, 9.17) is 75.8 Å². The van der Waals surface area contributed by atoms with E-state index in [1.807, 2.05) is 0 Å². The number of carbonyl (C=O) groups is 4. The van der Waals surface area contributed by atoms with Gasteiger partial charge < -0.3 is 75.8 Å². The first kappa shape index (κ1) is 84.4. The van der Waals surface area contributed by atoms with Gasteiger partial charge in [0.15, 0.2) is 72.4 Å². The van der Waals surface area contributed by atoms with E-state index in [9.17, 15) is 19.2 Å². The summed E-state index contributed by atoms with van der Waals surface area (Å²) in [5, 5.41) is 0. The summed E-state index contributed by atoms with van der Waals surface area (Å²) >= 11 is 0. The molecule has 0 saturated heterocycles. The van der Waals surface area contributed by atoms with Crippen LogP contribution in [0.3, 0.4) is 0 Å². The number of benzene rings is 4. The lowest BCUT2D eigenvalue weighted by Gasteiger charge is -2.37. The molecule has 0 aromatic heterocycles. The Morgan fingerprint density at radius 3 is 0.546 bits per heavy atom. The van der Waals surface area contributed by atoms with E-state index in [0.29, 0.717) is 71.7 Å². The third-order valence-electron chi connectivity index (χ3n) is 22.3. The Balaban J connectivity index is 1.41. The number of methoxy groups -OCH3 is 4. The van der Waals surface area contributed by atoms with Crippen LogP contribution in [-0.4, -0.2) is 106 Å². The van der Waals surface area contributed by atoms with Crippen molar-refractivity contribution >= 4 is 23.9 Å². The lowest BCUT2D eigenvalue weighted by atomic mass is 9.75. The number of esters is 4. The second kappa shape index (κ2) is 46.1. The van der Waals surface area contributed by atoms with E-state index in [2.05, 4.69) is 52.0 Å². The molecule has 4 aromatic carbocycles. The van der Waals surface area contributed by atoms with E-state index in [1.165, 1.54) is 131 Å². The molecule has 0 radical (unpaired) electrons. The van der Waals surface area contributed by atoms with Crippen LogP contribution < -0.4 is 56.8 Å². The fourth-order valence-corrected chi connectivity index (χ4v) is 16.3. The van der Waals surface area contributed by atoms with E-state index < -0.39 is 101 Å².